The van der Waals surface area contributed by atoms with Crippen LogP contribution in [0.4, 0.5) is 0 Å². The Kier molecular flexibility index (Phi) is 3.51. The molecule has 1 aliphatic rings. The Hall–Kier alpha value is -1.63. The van der Waals surface area contributed by atoms with Gasteiger partial charge in [0.15, 0.2) is 9.84 Å². The molecular weight excluding hydrogens is 254 g/mol. The zero-order valence-corrected chi connectivity index (χ0v) is 10.9. The Morgan fingerprint density at radius 1 is 1.61 bits per heavy atom. The number of hydrogen-bond donors (Lipinski definition) is 1. The van der Waals surface area contributed by atoms with Crippen molar-refractivity contribution in [2.45, 2.75) is 12.5 Å². The molecule has 18 heavy (non-hydrogen) atoms. The van der Waals surface area contributed by atoms with Gasteiger partial charge in [0.05, 0.1) is 17.7 Å². The molecule has 0 aliphatic carbocycles. The van der Waals surface area contributed by atoms with Crippen molar-refractivity contribution in [3.8, 4) is 0 Å². The van der Waals surface area contributed by atoms with E-state index in [0.29, 0.717) is 6.42 Å². The molecule has 7 heteroatoms. The number of carbonyl (C=O) groups is 1. The third kappa shape index (κ3) is 3.43. The number of rotatable bonds is 3. The number of aryl methyl sites for hydroxylation is 1. The van der Waals surface area contributed by atoms with Crippen LogP contribution in [0, 0.1) is 0 Å². The first-order chi connectivity index (χ1) is 8.44. The number of nitrogens with zero attached hydrogens (tertiary/aromatic N) is 2. The SMILES string of the molecule is Cn1cc(/C=C\C(=O)N[C@@H]2CCS(=O)(=O)C2)cn1. The van der Waals surface area contributed by atoms with Gasteiger partial charge in [-0.15, -0.1) is 0 Å². The fraction of sp³-hybridized carbons (Fsp3) is 0.455. The van der Waals surface area contributed by atoms with Gasteiger partial charge in [-0.2, -0.15) is 5.10 Å². The summed E-state index contributed by atoms with van der Waals surface area (Å²) in [6, 6.07) is -0.263. The number of hydrogen-bond acceptors (Lipinski definition) is 4. The highest BCUT2D eigenvalue weighted by atomic mass is 32.2. The molecule has 0 saturated carbocycles. The largest absolute Gasteiger partial charge is 0.349 e. The van der Waals surface area contributed by atoms with Crippen molar-refractivity contribution in [3.05, 3.63) is 24.0 Å². The van der Waals surface area contributed by atoms with Crippen LogP contribution in [0.2, 0.25) is 0 Å². The summed E-state index contributed by atoms with van der Waals surface area (Å²) in [4.78, 5) is 11.6. The summed E-state index contributed by atoms with van der Waals surface area (Å²) in [5, 5.41) is 6.65. The van der Waals surface area contributed by atoms with E-state index in [1.54, 1.807) is 30.2 Å². The molecule has 1 atom stereocenters. The van der Waals surface area contributed by atoms with Gasteiger partial charge in [0.25, 0.3) is 0 Å². The monoisotopic (exact) mass is 269 g/mol. The fourth-order valence-electron chi connectivity index (χ4n) is 1.86. The van der Waals surface area contributed by atoms with Crippen LogP contribution in [0.1, 0.15) is 12.0 Å². The number of nitrogens with one attached hydrogen (secondary N) is 1. The van der Waals surface area contributed by atoms with E-state index in [2.05, 4.69) is 10.4 Å². The zero-order chi connectivity index (χ0) is 13.2. The van der Waals surface area contributed by atoms with Gasteiger partial charge in [0.2, 0.25) is 5.91 Å². The molecule has 1 N–H and O–H groups in total. The second-order valence-electron chi connectivity index (χ2n) is 4.39. The van der Waals surface area contributed by atoms with Crippen LogP contribution in [-0.2, 0) is 21.7 Å². The van der Waals surface area contributed by atoms with Crippen LogP contribution in [0.25, 0.3) is 6.08 Å². The highest BCUT2D eigenvalue weighted by molar-refractivity contribution is 7.91. The maximum Gasteiger partial charge on any atom is 0.244 e. The molecule has 1 aromatic heterocycles. The minimum absolute atomic E-state index is 0.0411. The number of amides is 1. The van der Waals surface area contributed by atoms with Gasteiger partial charge in [-0.25, -0.2) is 8.42 Å². The molecular formula is C11H15N3O3S. The molecule has 1 aromatic rings. The Bertz CT molecular complexity index is 574. The molecule has 1 amide bonds. The third-order valence-corrected chi connectivity index (χ3v) is 4.50. The van der Waals surface area contributed by atoms with E-state index >= 15 is 0 Å². The maximum absolute atomic E-state index is 11.6. The lowest BCUT2D eigenvalue weighted by atomic mass is 10.2. The van der Waals surface area contributed by atoms with Crippen molar-refractivity contribution in [2.75, 3.05) is 11.5 Å². The second-order valence-corrected chi connectivity index (χ2v) is 6.62. The Morgan fingerprint density at radius 3 is 2.94 bits per heavy atom. The predicted octanol–water partition coefficient (Wildman–Crippen LogP) is -0.263. The average Bonchev–Trinajstić information content (AvgIpc) is 2.82. The summed E-state index contributed by atoms with van der Waals surface area (Å²) in [7, 11) is -1.16. The normalized spacial score (nSPS) is 22.4. The van der Waals surface area contributed by atoms with Crippen molar-refractivity contribution >= 4 is 21.8 Å². The summed E-state index contributed by atoms with van der Waals surface area (Å²) < 4.78 is 24.1. The molecule has 1 fully saturated rings. The molecule has 1 aliphatic heterocycles. The van der Waals surface area contributed by atoms with Crippen molar-refractivity contribution in [2.24, 2.45) is 7.05 Å². The summed E-state index contributed by atoms with van der Waals surface area (Å²) in [6.07, 6.45) is 6.95. The van der Waals surface area contributed by atoms with E-state index in [4.69, 9.17) is 0 Å². The first-order valence-electron chi connectivity index (χ1n) is 5.62. The lowest BCUT2D eigenvalue weighted by Gasteiger charge is -2.07. The summed E-state index contributed by atoms with van der Waals surface area (Å²) in [6.45, 7) is 0. The smallest absolute Gasteiger partial charge is 0.244 e. The Morgan fingerprint density at radius 2 is 2.39 bits per heavy atom. The first kappa shape index (κ1) is 12.8. The van der Waals surface area contributed by atoms with Crippen LogP contribution >= 0.6 is 0 Å². The van der Waals surface area contributed by atoms with Gasteiger partial charge in [-0.1, -0.05) is 0 Å². The van der Waals surface area contributed by atoms with Gasteiger partial charge < -0.3 is 5.32 Å². The van der Waals surface area contributed by atoms with Crippen LogP contribution in [0.5, 0.6) is 0 Å². The highest BCUT2D eigenvalue weighted by Crippen LogP contribution is 2.11. The van der Waals surface area contributed by atoms with E-state index < -0.39 is 9.84 Å². The van der Waals surface area contributed by atoms with Crippen LogP contribution < -0.4 is 5.32 Å². The van der Waals surface area contributed by atoms with Crippen molar-refractivity contribution in [3.63, 3.8) is 0 Å². The minimum atomic E-state index is -2.96. The van der Waals surface area contributed by atoms with E-state index in [1.165, 1.54) is 6.08 Å². The van der Waals surface area contributed by atoms with Gasteiger partial charge in [-0.3, -0.25) is 9.48 Å². The lowest BCUT2D eigenvalue weighted by molar-refractivity contribution is -0.116. The highest BCUT2D eigenvalue weighted by Gasteiger charge is 2.28. The Labute approximate surface area is 106 Å². The fourth-order valence-corrected chi connectivity index (χ4v) is 3.53. The van der Waals surface area contributed by atoms with Gasteiger partial charge in [0.1, 0.15) is 0 Å². The number of carbonyl (C=O) groups excluding carboxylic acids is 1. The van der Waals surface area contributed by atoms with E-state index in [0.717, 1.165) is 5.56 Å². The third-order valence-electron chi connectivity index (χ3n) is 2.73. The molecule has 0 spiro atoms. The van der Waals surface area contributed by atoms with Gasteiger partial charge >= 0.3 is 0 Å². The number of aromatic nitrogens is 2. The summed E-state index contributed by atoms with van der Waals surface area (Å²) >= 11 is 0. The Balaban J connectivity index is 1.88. The molecule has 98 valence electrons. The topological polar surface area (TPSA) is 81.1 Å². The van der Waals surface area contributed by atoms with Crippen molar-refractivity contribution in [1.82, 2.24) is 15.1 Å². The molecule has 0 radical (unpaired) electrons. The maximum atomic E-state index is 11.6. The van der Waals surface area contributed by atoms with Gasteiger partial charge in [-0.05, 0) is 12.5 Å². The van der Waals surface area contributed by atoms with Crippen LogP contribution in [0.15, 0.2) is 18.5 Å². The van der Waals surface area contributed by atoms with E-state index in [9.17, 15) is 13.2 Å². The lowest BCUT2D eigenvalue weighted by Crippen LogP contribution is -2.34. The minimum Gasteiger partial charge on any atom is -0.349 e. The van der Waals surface area contributed by atoms with Crippen LogP contribution in [0.3, 0.4) is 0 Å². The molecule has 1 saturated heterocycles. The quantitative estimate of drug-likeness (QED) is 0.766. The first-order valence-corrected chi connectivity index (χ1v) is 7.44. The predicted molar refractivity (Wildman–Crippen MR) is 67.4 cm³/mol. The summed E-state index contributed by atoms with van der Waals surface area (Å²) in [5.41, 5.74) is 0.826. The molecule has 6 nitrogen and oxygen atoms in total. The van der Waals surface area contributed by atoms with Crippen LogP contribution in [-0.4, -0.2) is 41.7 Å². The molecule has 0 unspecified atom stereocenters. The van der Waals surface area contributed by atoms with E-state index in [1.807, 2.05) is 0 Å². The molecule has 0 bridgehead atoms. The summed E-state index contributed by atoms with van der Waals surface area (Å²) in [5.74, 6) is -0.0787. The molecule has 2 rings (SSSR count). The van der Waals surface area contributed by atoms with E-state index in [-0.39, 0.29) is 23.5 Å². The zero-order valence-electron chi connectivity index (χ0n) is 10.0. The average molecular weight is 269 g/mol. The standard InChI is InChI=1S/C11H15N3O3S/c1-14-7-9(6-12-14)2-3-11(15)13-10-4-5-18(16,17)8-10/h2-3,6-7,10H,4-5,8H2,1H3,(H,13,15)/b3-2-/t10-/m1/s1. The van der Waals surface area contributed by atoms with Crippen molar-refractivity contribution in [1.29, 1.82) is 0 Å². The van der Waals surface area contributed by atoms with Gasteiger partial charge in [0, 0.05) is 30.9 Å². The number of sulfone groups is 1. The second kappa shape index (κ2) is 4.93. The molecule has 0 aromatic carbocycles. The molecule has 2 heterocycles. The van der Waals surface area contributed by atoms with Crippen molar-refractivity contribution < 1.29 is 13.2 Å².